The van der Waals surface area contributed by atoms with E-state index in [1.54, 1.807) is 12.1 Å². The molecule has 1 fully saturated rings. The third-order valence-electron chi connectivity index (χ3n) is 3.99. The van der Waals surface area contributed by atoms with Crippen LogP contribution in [-0.2, 0) is 0 Å². The molecule has 1 aromatic carbocycles. The first-order valence-corrected chi connectivity index (χ1v) is 7.58. The summed E-state index contributed by atoms with van der Waals surface area (Å²) in [6, 6.07) is 7.19. The molecule has 1 saturated heterocycles. The number of Topliss-reactive ketones (excluding diaryl/α,β-unsaturated/α-hetero) is 1. The molecule has 1 aromatic rings. The number of nitrogens with zero attached hydrogens (tertiary/aromatic N) is 1. The Hall–Kier alpha value is -0.900. The predicted octanol–water partition coefficient (Wildman–Crippen LogP) is 3.15. The summed E-state index contributed by atoms with van der Waals surface area (Å²) in [5, 5.41) is 10.6. The van der Waals surface area contributed by atoms with Crippen LogP contribution in [0.2, 0.25) is 5.02 Å². The van der Waals surface area contributed by atoms with E-state index in [1.807, 2.05) is 19.1 Å². The first-order chi connectivity index (χ1) is 9.48. The van der Waals surface area contributed by atoms with E-state index in [9.17, 15) is 9.90 Å². The van der Waals surface area contributed by atoms with E-state index in [1.165, 1.54) is 0 Å². The standard InChI is InChI=1S/C16H22ClNO2/c1-16(20)8-4-10-18(12-9-16)11-7-15(19)13-5-2-3-6-14(13)17/h2-3,5-6,20H,4,7-12H2,1H3. The minimum atomic E-state index is -0.554. The van der Waals surface area contributed by atoms with Gasteiger partial charge in [-0.15, -0.1) is 0 Å². The number of benzene rings is 1. The summed E-state index contributed by atoms with van der Waals surface area (Å²) >= 11 is 6.04. The van der Waals surface area contributed by atoms with Crippen molar-refractivity contribution >= 4 is 17.4 Å². The lowest BCUT2D eigenvalue weighted by Gasteiger charge is -2.22. The van der Waals surface area contributed by atoms with Gasteiger partial charge >= 0.3 is 0 Å². The van der Waals surface area contributed by atoms with E-state index in [4.69, 9.17) is 11.6 Å². The highest BCUT2D eigenvalue weighted by Crippen LogP contribution is 2.22. The average molecular weight is 296 g/mol. The first-order valence-electron chi connectivity index (χ1n) is 7.20. The Morgan fingerprint density at radius 1 is 1.35 bits per heavy atom. The summed E-state index contributed by atoms with van der Waals surface area (Å²) in [7, 11) is 0. The number of halogens is 1. The predicted molar refractivity (Wildman–Crippen MR) is 81.3 cm³/mol. The third-order valence-corrected chi connectivity index (χ3v) is 4.32. The molecule has 0 bridgehead atoms. The van der Waals surface area contributed by atoms with Gasteiger partial charge in [0.05, 0.1) is 10.6 Å². The van der Waals surface area contributed by atoms with Crippen LogP contribution in [0.4, 0.5) is 0 Å². The minimum Gasteiger partial charge on any atom is -0.390 e. The van der Waals surface area contributed by atoms with Gasteiger partial charge in [-0.05, 0) is 44.9 Å². The molecular weight excluding hydrogens is 274 g/mol. The van der Waals surface area contributed by atoms with Gasteiger partial charge in [0.25, 0.3) is 0 Å². The highest BCUT2D eigenvalue weighted by atomic mass is 35.5. The smallest absolute Gasteiger partial charge is 0.165 e. The van der Waals surface area contributed by atoms with Crippen LogP contribution in [0.5, 0.6) is 0 Å². The normalized spacial score (nSPS) is 24.4. The molecule has 4 heteroatoms. The molecule has 0 amide bonds. The molecule has 1 heterocycles. The van der Waals surface area contributed by atoms with Crippen molar-refractivity contribution in [3.8, 4) is 0 Å². The lowest BCUT2D eigenvalue weighted by molar-refractivity contribution is 0.0447. The average Bonchev–Trinajstić information content (AvgIpc) is 2.57. The summed E-state index contributed by atoms with van der Waals surface area (Å²) in [5.74, 6) is 0.0895. The van der Waals surface area contributed by atoms with Gasteiger partial charge in [-0.2, -0.15) is 0 Å². The lowest BCUT2D eigenvalue weighted by atomic mass is 9.98. The Labute approximate surface area is 125 Å². The van der Waals surface area contributed by atoms with Crippen LogP contribution >= 0.6 is 11.6 Å². The second kappa shape index (κ2) is 6.70. The van der Waals surface area contributed by atoms with Crippen molar-refractivity contribution in [2.75, 3.05) is 19.6 Å². The fourth-order valence-corrected chi connectivity index (χ4v) is 2.87. The quantitative estimate of drug-likeness (QED) is 0.868. The summed E-state index contributed by atoms with van der Waals surface area (Å²) in [4.78, 5) is 14.4. The Bertz CT molecular complexity index is 473. The zero-order valence-electron chi connectivity index (χ0n) is 11.9. The Morgan fingerprint density at radius 3 is 2.85 bits per heavy atom. The molecule has 110 valence electrons. The highest BCUT2D eigenvalue weighted by molar-refractivity contribution is 6.33. The summed E-state index contributed by atoms with van der Waals surface area (Å²) in [6.07, 6.45) is 3.06. The zero-order chi connectivity index (χ0) is 14.6. The maximum absolute atomic E-state index is 12.2. The topological polar surface area (TPSA) is 40.5 Å². The van der Waals surface area contributed by atoms with Crippen LogP contribution in [0.1, 0.15) is 43.0 Å². The van der Waals surface area contributed by atoms with E-state index >= 15 is 0 Å². The van der Waals surface area contributed by atoms with E-state index in [0.29, 0.717) is 17.0 Å². The van der Waals surface area contributed by atoms with E-state index in [-0.39, 0.29) is 5.78 Å². The molecule has 1 N–H and O–H groups in total. The summed E-state index contributed by atoms with van der Waals surface area (Å²) in [5.41, 5.74) is 0.0533. The fraction of sp³-hybridized carbons (Fsp3) is 0.562. The molecular formula is C16H22ClNO2. The van der Waals surface area contributed by atoms with Crippen LogP contribution in [0, 0.1) is 0 Å². The van der Waals surface area contributed by atoms with Gasteiger partial charge in [0.2, 0.25) is 0 Å². The third kappa shape index (κ3) is 4.30. The van der Waals surface area contributed by atoms with E-state index < -0.39 is 5.60 Å². The zero-order valence-corrected chi connectivity index (χ0v) is 12.7. The van der Waals surface area contributed by atoms with Crippen LogP contribution in [0.15, 0.2) is 24.3 Å². The number of hydrogen-bond donors (Lipinski definition) is 1. The van der Waals surface area contributed by atoms with E-state index in [2.05, 4.69) is 4.90 Å². The molecule has 0 aromatic heterocycles. The van der Waals surface area contributed by atoms with Crippen LogP contribution in [0.25, 0.3) is 0 Å². The van der Waals surface area contributed by atoms with Gasteiger partial charge < -0.3 is 10.0 Å². The van der Waals surface area contributed by atoms with Gasteiger partial charge in [-0.25, -0.2) is 0 Å². The van der Waals surface area contributed by atoms with Crippen molar-refractivity contribution < 1.29 is 9.90 Å². The van der Waals surface area contributed by atoms with Crippen LogP contribution in [-0.4, -0.2) is 41.0 Å². The Morgan fingerprint density at radius 2 is 2.10 bits per heavy atom. The van der Waals surface area contributed by atoms with Crippen molar-refractivity contribution in [3.05, 3.63) is 34.9 Å². The van der Waals surface area contributed by atoms with Crippen molar-refractivity contribution in [1.82, 2.24) is 4.90 Å². The van der Waals surface area contributed by atoms with Crippen molar-refractivity contribution in [2.45, 2.75) is 38.2 Å². The van der Waals surface area contributed by atoms with Crippen molar-refractivity contribution in [3.63, 3.8) is 0 Å². The van der Waals surface area contributed by atoms with Gasteiger partial charge in [0, 0.05) is 25.1 Å². The first kappa shape index (κ1) is 15.5. The number of hydrogen-bond acceptors (Lipinski definition) is 3. The maximum Gasteiger partial charge on any atom is 0.165 e. The van der Waals surface area contributed by atoms with Gasteiger partial charge in [0.1, 0.15) is 0 Å². The number of ketones is 1. The molecule has 1 unspecified atom stereocenters. The lowest BCUT2D eigenvalue weighted by Crippen LogP contribution is -2.30. The molecule has 0 spiro atoms. The molecule has 0 radical (unpaired) electrons. The molecule has 2 rings (SSSR count). The number of carbonyl (C=O) groups is 1. The molecule has 1 atom stereocenters. The largest absolute Gasteiger partial charge is 0.390 e. The second-order valence-electron chi connectivity index (χ2n) is 5.85. The monoisotopic (exact) mass is 295 g/mol. The second-order valence-corrected chi connectivity index (χ2v) is 6.25. The highest BCUT2D eigenvalue weighted by Gasteiger charge is 2.25. The van der Waals surface area contributed by atoms with Gasteiger partial charge in [0.15, 0.2) is 5.78 Å². The molecule has 3 nitrogen and oxygen atoms in total. The molecule has 20 heavy (non-hydrogen) atoms. The van der Waals surface area contributed by atoms with Gasteiger partial charge in [-0.1, -0.05) is 23.7 Å². The van der Waals surface area contributed by atoms with Crippen LogP contribution < -0.4 is 0 Å². The molecule has 1 aliphatic rings. The van der Waals surface area contributed by atoms with Gasteiger partial charge in [-0.3, -0.25) is 4.79 Å². The fourth-order valence-electron chi connectivity index (χ4n) is 2.62. The maximum atomic E-state index is 12.2. The number of likely N-dealkylation sites (tertiary alicyclic amines) is 1. The SMILES string of the molecule is CC1(O)CCCN(CCC(=O)c2ccccc2Cl)CC1. The summed E-state index contributed by atoms with van der Waals surface area (Å²) < 4.78 is 0. The molecule has 0 saturated carbocycles. The van der Waals surface area contributed by atoms with E-state index in [0.717, 1.165) is 38.9 Å². The van der Waals surface area contributed by atoms with Crippen molar-refractivity contribution in [1.29, 1.82) is 0 Å². The van der Waals surface area contributed by atoms with Crippen LogP contribution in [0.3, 0.4) is 0 Å². The number of rotatable bonds is 4. The Kier molecular flexibility index (Phi) is 5.19. The Balaban J connectivity index is 1.86. The minimum absolute atomic E-state index is 0.0895. The molecule has 0 aliphatic carbocycles. The number of carbonyl (C=O) groups excluding carboxylic acids is 1. The molecule has 1 aliphatic heterocycles. The number of aliphatic hydroxyl groups is 1. The van der Waals surface area contributed by atoms with Crippen molar-refractivity contribution in [2.24, 2.45) is 0 Å². The summed E-state index contributed by atoms with van der Waals surface area (Å²) in [6.45, 7) is 4.43.